The average Bonchev–Trinajstić information content (AvgIpc) is 3.25. The molecule has 1 aliphatic rings. The van der Waals surface area contributed by atoms with Crippen LogP contribution in [0.15, 0.2) is 40.9 Å². The molecule has 29 heavy (non-hydrogen) atoms. The standard InChI is InChI=1S/C22H26BrNO5/c1-26-19-11-15(12-20(27-2)21(19)28-3)13-24(14-18-5-4-10-29-18)22(25)16-6-8-17(23)9-7-16/h6-9,11-12,18H,4-5,10,13-14H2,1-3H3/t18-/m0/s1. The van der Waals surface area contributed by atoms with Gasteiger partial charge in [0, 0.05) is 29.7 Å². The Labute approximate surface area is 179 Å². The number of benzene rings is 2. The number of amides is 1. The molecule has 1 fully saturated rings. The molecule has 0 saturated carbocycles. The van der Waals surface area contributed by atoms with Gasteiger partial charge in [-0.2, -0.15) is 0 Å². The lowest BCUT2D eigenvalue weighted by atomic mass is 10.1. The Morgan fingerprint density at radius 2 is 1.76 bits per heavy atom. The molecule has 0 N–H and O–H groups in total. The maximum Gasteiger partial charge on any atom is 0.254 e. The topological polar surface area (TPSA) is 57.2 Å². The molecule has 7 heteroatoms. The van der Waals surface area contributed by atoms with E-state index in [4.69, 9.17) is 18.9 Å². The van der Waals surface area contributed by atoms with Crippen molar-refractivity contribution in [1.29, 1.82) is 0 Å². The maximum atomic E-state index is 13.2. The van der Waals surface area contributed by atoms with Crippen LogP contribution >= 0.6 is 15.9 Å². The van der Waals surface area contributed by atoms with Crippen molar-refractivity contribution < 1.29 is 23.7 Å². The van der Waals surface area contributed by atoms with Crippen molar-refractivity contribution in [2.75, 3.05) is 34.5 Å². The van der Waals surface area contributed by atoms with Crippen molar-refractivity contribution in [2.45, 2.75) is 25.5 Å². The van der Waals surface area contributed by atoms with Crippen LogP contribution in [0.4, 0.5) is 0 Å². The largest absolute Gasteiger partial charge is 0.493 e. The van der Waals surface area contributed by atoms with Crippen LogP contribution in [0.3, 0.4) is 0 Å². The first-order valence-electron chi connectivity index (χ1n) is 9.51. The fraction of sp³-hybridized carbons (Fsp3) is 0.409. The average molecular weight is 464 g/mol. The van der Waals surface area contributed by atoms with Crippen LogP contribution in [0, 0.1) is 0 Å². The number of ether oxygens (including phenoxy) is 4. The Bertz CT molecular complexity index is 809. The first-order chi connectivity index (χ1) is 14.0. The maximum absolute atomic E-state index is 13.2. The molecule has 1 heterocycles. The lowest BCUT2D eigenvalue weighted by molar-refractivity contribution is 0.0507. The van der Waals surface area contributed by atoms with E-state index in [1.807, 2.05) is 41.3 Å². The summed E-state index contributed by atoms with van der Waals surface area (Å²) in [5, 5.41) is 0. The molecule has 1 aliphatic heterocycles. The third kappa shape index (κ3) is 5.22. The van der Waals surface area contributed by atoms with E-state index >= 15 is 0 Å². The van der Waals surface area contributed by atoms with E-state index in [9.17, 15) is 4.79 Å². The third-order valence-electron chi connectivity index (χ3n) is 4.92. The summed E-state index contributed by atoms with van der Waals surface area (Å²) in [4.78, 5) is 15.1. The van der Waals surface area contributed by atoms with Gasteiger partial charge in [-0.1, -0.05) is 15.9 Å². The number of halogens is 1. The highest BCUT2D eigenvalue weighted by Crippen LogP contribution is 2.38. The van der Waals surface area contributed by atoms with Gasteiger partial charge in [-0.05, 0) is 54.8 Å². The zero-order chi connectivity index (χ0) is 20.8. The second-order valence-corrected chi connectivity index (χ2v) is 7.78. The molecular formula is C22H26BrNO5. The number of nitrogens with zero attached hydrogens (tertiary/aromatic N) is 1. The predicted molar refractivity (Wildman–Crippen MR) is 114 cm³/mol. The Morgan fingerprint density at radius 1 is 1.10 bits per heavy atom. The molecule has 1 amide bonds. The molecule has 0 bridgehead atoms. The van der Waals surface area contributed by atoms with Gasteiger partial charge >= 0.3 is 0 Å². The number of hydrogen-bond donors (Lipinski definition) is 0. The normalized spacial score (nSPS) is 15.8. The van der Waals surface area contributed by atoms with Crippen molar-refractivity contribution in [1.82, 2.24) is 4.90 Å². The SMILES string of the molecule is COc1cc(CN(C[C@@H]2CCCO2)C(=O)c2ccc(Br)cc2)cc(OC)c1OC. The number of rotatable bonds is 8. The van der Waals surface area contributed by atoms with Gasteiger partial charge in [-0.15, -0.1) is 0 Å². The molecule has 0 aliphatic carbocycles. The molecule has 0 unspecified atom stereocenters. The van der Waals surface area contributed by atoms with Gasteiger partial charge in [0.25, 0.3) is 5.91 Å². The molecule has 0 spiro atoms. The molecular weight excluding hydrogens is 438 g/mol. The molecule has 2 aromatic rings. The molecule has 0 radical (unpaired) electrons. The second-order valence-electron chi connectivity index (χ2n) is 6.86. The summed E-state index contributed by atoms with van der Waals surface area (Å²) in [6.45, 7) is 1.69. The minimum Gasteiger partial charge on any atom is -0.493 e. The monoisotopic (exact) mass is 463 g/mol. The Balaban J connectivity index is 1.89. The van der Waals surface area contributed by atoms with Gasteiger partial charge in [-0.25, -0.2) is 0 Å². The van der Waals surface area contributed by atoms with E-state index < -0.39 is 0 Å². The number of hydrogen-bond acceptors (Lipinski definition) is 5. The summed E-state index contributed by atoms with van der Waals surface area (Å²) >= 11 is 3.42. The van der Waals surface area contributed by atoms with Crippen LogP contribution in [0.2, 0.25) is 0 Å². The molecule has 156 valence electrons. The number of carbonyl (C=O) groups excluding carboxylic acids is 1. The van der Waals surface area contributed by atoms with E-state index in [-0.39, 0.29) is 12.0 Å². The molecule has 0 aromatic heterocycles. The fourth-order valence-corrected chi connectivity index (χ4v) is 3.74. The lowest BCUT2D eigenvalue weighted by Gasteiger charge is -2.26. The molecule has 1 saturated heterocycles. The minimum absolute atomic E-state index is 0.0400. The molecule has 6 nitrogen and oxygen atoms in total. The van der Waals surface area contributed by atoms with E-state index in [1.54, 1.807) is 21.3 Å². The first-order valence-corrected chi connectivity index (χ1v) is 10.3. The van der Waals surface area contributed by atoms with Gasteiger partial charge < -0.3 is 23.8 Å². The summed E-state index contributed by atoms with van der Waals surface area (Å²) in [6.07, 6.45) is 2.03. The molecule has 2 aromatic carbocycles. The van der Waals surface area contributed by atoms with E-state index in [2.05, 4.69) is 15.9 Å². The van der Waals surface area contributed by atoms with Crippen LogP contribution in [-0.4, -0.2) is 51.4 Å². The number of carbonyl (C=O) groups is 1. The fourth-order valence-electron chi connectivity index (χ4n) is 3.48. The Hall–Kier alpha value is -2.25. The summed E-state index contributed by atoms with van der Waals surface area (Å²) in [7, 11) is 4.73. The van der Waals surface area contributed by atoms with Crippen LogP contribution < -0.4 is 14.2 Å². The Morgan fingerprint density at radius 3 is 2.28 bits per heavy atom. The van der Waals surface area contributed by atoms with Crippen LogP contribution in [0.5, 0.6) is 17.2 Å². The van der Waals surface area contributed by atoms with Gasteiger partial charge in [-0.3, -0.25) is 4.79 Å². The van der Waals surface area contributed by atoms with Crippen molar-refractivity contribution >= 4 is 21.8 Å². The highest BCUT2D eigenvalue weighted by atomic mass is 79.9. The highest BCUT2D eigenvalue weighted by Gasteiger charge is 2.25. The number of methoxy groups -OCH3 is 3. The highest BCUT2D eigenvalue weighted by molar-refractivity contribution is 9.10. The van der Waals surface area contributed by atoms with E-state index in [1.165, 1.54) is 0 Å². The zero-order valence-electron chi connectivity index (χ0n) is 16.9. The predicted octanol–water partition coefficient (Wildman–Crippen LogP) is 4.30. The molecule has 3 rings (SSSR count). The van der Waals surface area contributed by atoms with Crippen molar-refractivity contribution in [3.8, 4) is 17.2 Å². The van der Waals surface area contributed by atoms with Gasteiger partial charge in [0.05, 0.1) is 27.4 Å². The molecule has 1 atom stereocenters. The van der Waals surface area contributed by atoms with Crippen LogP contribution in [0.25, 0.3) is 0 Å². The Kier molecular flexibility index (Phi) is 7.39. The summed E-state index contributed by atoms with van der Waals surface area (Å²) < 4.78 is 23.0. The van der Waals surface area contributed by atoms with Crippen molar-refractivity contribution in [3.05, 3.63) is 52.0 Å². The van der Waals surface area contributed by atoms with Crippen molar-refractivity contribution in [3.63, 3.8) is 0 Å². The summed E-state index contributed by atoms with van der Waals surface area (Å²) in [5.41, 5.74) is 1.53. The summed E-state index contributed by atoms with van der Waals surface area (Å²) in [6, 6.07) is 11.1. The van der Waals surface area contributed by atoms with Crippen molar-refractivity contribution in [2.24, 2.45) is 0 Å². The summed E-state index contributed by atoms with van der Waals surface area (Å²) in [5.74, 6) is 1.62. The van der Waals surface area contributed by atoms with E-state index in [0.717, 1.165) is 29.5 Å². The van der Waals surface area contributed by atoms with Gasteiger partial charge in [0.2, 0.25) is 5.75 Å². The second kappa shape index (κ2) is 9.98. The van der Waals surface area contributed by atoms with Crippen LogP contribution in [-0.2, 0) is 11.3 Å². The van der Waals surface area contributed by atoms with Gasteiger partial charge in [0.1, 0.15) is 0 Å². The minimum atomic E-state index is -0.0400. The van der Waals surface area contributed by atoms with E-state index in [0.29, 0.717) is 35.9 Å². The quantitative estimate of drug-likeness (QED) is 0.584. The first kappa shape index (κ1) is 21.5. The smallest absolute Gasteiger partial charge is 0.254 e. The zero-order valence-corrected chi connectivity index (χ0v) is 18.5. The van der Waals surface area contributed by atoms with Crippen LogP contribution in [0.1, 0.15) is 28.8 Å². The third-order valence-corrected chi connectivity index (χ3v) is 5.45. The lowest BCUT2D eigenvalue weighted by Crippen LogP contribution is -2.37. The van der Waals surface area contributed by atoms with Gasteiger partial charge in [0.15, 0.2) is 11.5 Å².